The van der Waals surface area contributed by atoms with Crippen molar-refractivity contribution in [3.05, 3.63) is 24.3 Å². The van der Waals surface area contributed by atoms with Crippen LogP contribution in [0.15, 0.2) is 24.3 Å². The van der Waals surface area contributed by atoms with E-state index in [1.54, 1.807) is 0 Å². The Bertz CT molecular complexity index is 821. The van der Waals surface area contributed by atoms with E-state index in [0.29, 0.717) is 32.2 Å². The number of piperidine rings is 1. The second-order valence-electron chi connectivity index (χ2n) is 16.0. The van der Waals surface area contributed by atoms with Gasteiger partial charge in [-0.3, -0.25) is 9.59 Å². The fourth-order valence-corrected chi connectivity index (χ4v) is 7.24. The molecule has 1 fully saturated rings. The molecule has 1 aliphatic heterocycles. The number of carbonyl (C=O) groups is 2. The molecule has 0 amide bonds. The van der Waals surface area contributed by atoms with Crippen LogP contribution in [0.2, 0.25) is 0 Å². The molecule has 1 rings (SSSR count). The van der Waals surface area contributed by atoms with Gasteiger partial charge in [-0.15, -0.1) is 0 Å². The summed E-state index contributed by atoms with van der Waals surface area (Å²) in [6, 6.07) is 0. The topological polar surface area (TPSA) is 78.6 Å². The van der Waals surface area contributed by atoms with Crippen molar-refractivity contribution in [2.45, 2.75) is 219 Å². The summed E-state index contributed by atoms with van der Waals surface area (Å²) in [4.78, 5) is 26.0. The summed E-state index contributed by atoms with van der Waals surface area (Å²) >= 11 is 0. The first-order chi connectivity index (χ1) is 24.9. The minimum Gasteiger partial charge on any atom is -0.422 e. The number of carbonyl (C=O) groups excluding carboxylic acids is 2. The lowest BCUT2D eigenvalue weighted by Gasteiger charge is -2.45. The molecule has 0 atom stereocenters. The summed E-state index contributed by atoms with van der Waals surface area (Å²) in [6.45, 7) is 7.85. The van der Waals surface area contributed by atoms with Crippen molar-refractivity contribution in [1.82, 2.24) is 0 Å². The summed E-state index contributed by atoms with van der Waals surface area (Å²) in [6.07, 6.45) is 44.2. The van der Waals surface area contributed by atoms with Gasteiger partial charge in [0, 0.05) is 19.3 Å². The molecule has 0 saturated carbocycles. The first kappa shape index (κ1) is 47.4. The quantitative estimate of drug-likeness (QED) is 0.0232. The van der Waals surface area contributed by atoms with Gasteiger partial charge in [-0.25, -0.2) is 0 Å². The lowest BCUT2D eigenvalue weighted by Crippen LogP contribution is -2.58. The number of unbranched alkanes of at least 4 members (excludes halogenated alkanes) is 22. The van der Waals surface area contributed by atoms with Crippen LogP contribution in [0, 0.1) is 0 Å². The molecular weight excluding hydrogens is 633 g/mol. The number of nitrogens with two attached hydrogens (primary N) is 1. The average molecular weight is 718 g/mol. The van der Waals surface area contributed by atoms with E-state index in [-0.39, 0.29) is 11.9 Å². The van der Waals surface area contributed by atoms with E-state index in [0.717, 1.165) is 81.9 Å². The van der Waals surface area contributed by atoms with E-state index < -0.39 is 5.79 Å². The average Bonchev–Trinajstić information content (AvgIpc) is 3.12. The highest BCUT2D eigenvalue weighted by molar-refractivity contribution is 5.72. The third-order valence-electron chi connectivity index (χ3n) is 10.9. The first-order valence-corrected chi connectivity index (χ1v) is 22.2. The van der Waals surface area contributed by atoms with E-state index in [2.05, 4.69) is 45.2 Å². The molecule has 1 aliphatic rings. The van der Waals surface area contributed by atoms with Gasteiger partial charge in [0.15, 0.2) is 0 Å². The van der Waals surface area contributed by atoms with Gasteiger partial charge in [0.25, 0.3) is 5.79 Å². The monoisotopic (exact) mass is 718 g/mol. The molecule has 0 aromatic rings. The number of allylic oxidation sites excluding steroid dienone is 4. The van der Waals surface area contributed by atoms with E-state index in [9.17, 15) is 9.59 Å². The van der Waals surface area contributed by atoms with Crippen molar-refractivity contribution < 1.29 is 23.5 Å². The van der Waals surface area contributed by atoms with Crippen LogP contribution in [0.5, 0.6) is 0 Å². The summed E-state index contributed by atoms with van der Waals surface area (Å²) in [5, 5.41) is 0. The van der Waals surface area contributed by atoms with Crippen molar-refractivity contribution >= 4 is 11.9 Å². The molecule has 1 heterocycles. The van der Waals surface area contributed by atoms with Crippen molar-refractivity contribution in [2.75, 3.05) is 33.2 Å². The molecular formula is C45H85N2O4+. The van der Waals surface area contributed by atoms with Gasteiger partial charge in [0.1, 0.15) is 0 Å². The highest BCUT2D eigenvalue weighted by Crippen LogP contribution is 2.32. The van der Waals surface area contributed by atoms with Crippen molar-refractivity contribution in [2.24, 2.45) is 5.73 Å². The molecule has 0 bridgehead atoms. The maximum atomic E-state index is 13.0. The van der Waals surface area contributed by atoms with Gasteiger partial charge in [0.05, 0.1) is 39.5 Å². The predicted octanol–water partition coefficient (Wildman–Crippen LogP) is 12.4. The smallest absolute Gasteiger partial charge is 0.309 e. The number of likely N-dealkylation sites (tertiary alicyclic amines) is 1. The molecule has 0 unspecified atom stereocenters. The van der Waals surface area contributed by atoms with Crippen LogP contribution in [0.4, 0.5) is 0 Å². The standard InChI is InChI=1S/C45H85N2O4/c1-4-6-8-10-12-14-16-18-20-22-24-26-28-30-32-35-43(48)50-45(37-41-47(3,42-38-45)40-34-39-46)51-44(49)36-33-31-29-27-25-23-21-19-17-15-13-11-9-7-5-2/h18-21H,4-17,22-42,46H2,1-3H3/q+1. The number of hydrogen-bond acceptors (Lipinski definition) is 5. The van der Waals surface area contributed by atoms with Crippen LogP contribution >= 0.6 is 0 Å². The fourth-order valence-electron chi connectivity index (χ4n) is 7.24. The van der Waals surface area contributed by atoms with E-state index >= 15 is 0 Å². The Morgan fingerprint density at radius 2 is 0.863 bits per heavy atom. The predicted molar refractivity (Wildman–Crippen MR) is 218 cm³/mol. The number of hydrogen-bond donors (Lipinski definition) is 1. The largest absolute Gasteiger partial charge is 0.422 e. The normalized spacial score (nSPS) is 19.3. The molecule has 0 aromatic heterocycles. The second kappa shape index (κ2) is 32.9. The van der Waals surface area contributed by atoms with Gasteiger partial charge in [0.2, 0.25) is 0 Å². The van der Waals surface area contributed by atoms with Gasteiger partial charge in [-0.1, -0.05) is 141 Å². The number of rotatable bonds is 35. The molecule has 6 nitrogen and oxygen atoms in total. The minimum atomic E-state index is -1.11. The lowest BCUT2D eigenvalue weighted by molar-refractivity contribution is -0.917. The Kier molecular flexibility index (Phi) is 30.6. The number of nitrogens with zero attached hydrogens (tertiary/aromatic N) is 1. The molecule has 51 heavy (non-hydrogen) atoms. The van der Waals surface area contributed by atoms with E-state index in [4.69, 9.17) is 15.2 Å². The highest BCUT2D eigenvalue weighted by atomic mass is 16.7. The highest BCUT2D eigenvalue weighted by Gasteiger charge is 2.46. The minimum absolute atomic E-state index is 0.223. The third-order valence-corrected chi connectivity index (χ3v) is 10.9. The molecule has 1 saturated heterocycles. The first-order valence-electron chi connectivity index (χ1n) is 22.2. The van der Waals surface area contributed by atoms with Crippen LogP contribution < -0.4 is 5.73 Å². The number of esters is 2. The molecule has 0 aliphatic carbocycles. The maximum absolute atomic E-state index is 13.0. The maximum Gasteiger partial charge on any atom is 0.309 e. The van der Waals surface area contributed by atoms with Crippen LogP contribution in [0.3, 0.4) is 0 Å². The van der Waals surface area contributed by atoms with E-state index in [1.807, 2.05) is 0 Å². The zero-order valence-electron chi connectivity index (χ0n) is 34.2. The van der Waals surface area contributed by atoms with Crippen LogP contribution in [0.25, 0.3) is 0 Å². The Hall–Kier alpha value is -1.66. The van der Waals surface area contributed by atoms with Gasteiger partial charge < -0.3 is 19.7 Å². The van der Waals surface area contributed by atoms with Gasteiger partial charge in [-0.05, 0) is 70.8 Å². The van der Waals surface area contributed by atoms with E-state index in [1.165, 1.54) is 116 Å². The third kappa shape index (κ3) is 27.6. The Labute approximate surface area is 316 Å². The second-order valence-corrected chi connectivity index (χ2v) is 16.0. The fraction of sp³-hybridized carbons (Fsp3) is 0.867. The molecule has 0 radical (unpaired) electrons. The zero-order chi connectivity index (χ0) is 37.1. The summed E-state index contributed by atoms with van der Waals surface area (Å²) in [5.74, 6) is -1.56. The van der Waals surface area contributed by atoms with Crippen LogP contribution in [-0.4, -0.2) is 55.4 Å². The van der Waals surface area contributed by atoms with Crippen LogP contribution in [-0.2, 0) is 19.1 Å². The summed E-state index contributed by atoms with van der Waals surface area (Å²) in [7, 11) is 2.24. The number of quaternary nitrogens is 1. The number of ether oxygens (including phenoxy) is 2. The lowest BCUT2D eigenvalue weighted by atomic mass is 10.00. The molecule has 2 N–H and O–H groups in total. The SMILES string of the molecule is CCCCCCCCC=CCCCCCCCC(=O)OC1(OC(=O)CCCCCCCC=CCCCCCCCC)CC[N+](C)(CCCN)CC1. The molecule has 0 aromatic carbocycles. The summed E-state index contributed by atoms with van der Waals surface area (Å²) in [5.41, 5.74) is 5.79. The van der Waals surface area contributed by atoms with Crippen molar-refractivity contribution in [3.8, 4) is 0 Å². The van der Waals surface area contributed by atoms with Crippen LogP contribution in [0.1, 0.15) is 213 Å². The Balaban J connectivity index is 2.29. The molecule has 298 valence electrons. The zero-order valence-corrected chi connectivity index (χ0v) is 34.2. The van der Waals surface area contributed by atoms with Gasteiger partial charge in [-0.2, -0.15) is 0 Å². The molecule has 6 heteroatoms. The van der Waals surface area contributed by atoms with Gasteiger partial charge >= 0.3 is 11.9 Å². The van der Waals surface area contributed by atoms with Crippen molar-refractivity contribution in [3.63, 3.8) is 0 Å². The Morgan fingerprint density at radius 3 is 1.22 bits per heavy atom. The summed E-state index contributed by atoms with van der Waals surface area (Å²) < 4.78 is 13.0. The molecule has 0 spiro atoms. The van der Waals surface area contributed by atoms with Crippen molar-refractivity contribution in [1.29, 1.82) is 0 Å². The Morgan fingerprint density at radius 1 is 0.529 bits per heavy atom.